The van der Waals surface area contributed by atoms with Gasteiger partial charge in [0.2, 0.25) is 0 Å². The number of nitrogens with zero attached hydrogens (tertiary/aromatic N) is 3. The molecule has 1 aromatic heterocycles. The molecule has 0 fully saturated rings. The molecule has 0 saturated heterocycles. The highest BCUT2D eigenvalue weighted by Gasteiger charge is 2.08. The van der Waals surface area contributed by atoms with Crippen LogP contribution >= 0.6 is 0 Å². The van der Waals surface area contributed by atoms with Crippen LogP contribution in [0.5, 0.6) is 0 Å². The Balaban J connectivity index is 3.15. The van der Waals surface area contributed by atoms with E-state index < -0.39 is 0 Å². The maximum Gasteiger partial charge on any atom is 0.177 e. The first-order valence-corrected chi connectivity index (χ1v) is 3.10. The lowest BCUT2D eigenvalue weighted by Crippen LogP contribution is -2.13. The SMILES string of the molecule is Cc1cc(C)n([N+](C)=N)n1. The summed E-state index contributed by atoms with van der Waals surface area (Å²) in [5.41, 5.74) is 9.13. The number of aryl methyl sites for hydroxylation is 2. The molecule has 1 heterocycles. The van der Waals surface area contributed by atoms with Crippen molar-refractivity contribution in [2.24, 2.45) is 0 Å². The third-order valence-corrected chi connectivity index (χ3v) is 1.27. The van der Waals surface area contributed by atoms with Crippen LogP contribution in [0.1, 0.15) is 11.4 Å². The largest absolute Gasteiger partial charge is 0.177 e. The maximum absolute atomic E-state index is 7.21. The van der Waals surface area contributed by atoms with Crippen LogP contribution in [0.4, 0.5) is 0 Å². The summed E-state index contributed by atoms with van der Waals surface area (Å²) < 4.78 is 0. The molecule has 0 aromatic carbocycles. The van der Waals surface area contributed by atoms with Gasteiger partial charge in [-0.2, -0.15) is 0 Å². The van der Waals surface area contributed by atoms with Crippen LogP contribution in [0, 0.1) is 19.4 Å². The average Bonchev–Trinajstić information content (AvgIpc) is 2.10. The lowest BCUT2D eigenvalue weighted by molar-refractivity contribution is -0.652. The molecule has 0 amide bonds. The van der Waals surface area contributed by atoms with Gasteiger partial charge < -0.3 is 0 Å². The molecule has 54 valence electrons. The zero-order chi connectivity index (χ0) is 7.72. The summed E-state index contributed by atoms with van der Waals surface area (Å²) in [5.74, 6) is 0. The van der Waals surface area contributed by atoms with Gasteiger partial charge in [-0.05, 0) is 6.92 Å². The van der Waals surface area contributed by atoms with Crippen LogP contribution < -0.4 is 0 Å². The van der Waals surface area contributed by atoms with E-state index in [2.05, 4.69) is 5.10 Å². The number of hydrogen-bond acceptors (Lipinski definition) is 2. The summed E-state index contributed by atoms with van der Waals surface area (Å²) in [6, 6.07) is 1.94. The second-order valence-corrected chi connectivity index (χ2v) is 2.34. The normalized spacial score (nSPS) is 9.90. The van der Waals surface area contributed by atoms with Gasteiger partial charge in [0.1, 0.15) is 12.7 Å². The fraction of sp³-hybridized carbons (Fsp3) is 0.500. The lowest BCUT2D eigenvalue weighted by atomic mass is 10.4. The van der Waals surface area contributed by atoms with E-state index >= 15 is 0 Å². The van der Waals surface area contributed by atoms with Crippen LogP contribution in [0.25, 0.3) is 0 Å². The van der Waals surface area contributed by atoms with Crippen molar-refractivity contribution in [3.63, 3.8) is 0 Å². The standard InChI is InChI=1S/C6H11N4/c1-5-4-6(2)10(8-5)9(3)7/h4,7H,1-3H3/q+1. The van der Waals surface area contributed by atoms with E-state index in [0.717, 1.165) is 11.4 Å². The van der Waals surface area contributed by atoms with Crippen LogP contribution in [-0.4, -0.2) is 21.7 Å². The number of aromatic nitrogens is 2. The molecule has 0 aliphatic rings. The Labute approximate surface area is 59.6 Å². The van der Waals surface area contributed by atoms with Crippen molar-refractivity contribution in [1.82, 2.24) is 9.89 Å². The molecule has 1 aromatic rings. The molecule has 0 atom stereocenters. The molecule has 4 nitrogen and oxygen atoms in total. The van der Waals surface area contributed by atoms with E-state index in [0.29, 0.717) is 0 Å². The number of hydrogen-bond donors (Lipinski definition) is 1. The molecule has 0 radical (unpaired) electrons. The highest BCUT2D eigenvalue weighted by Crippen LogP contribution is 1.99. The molecule has 0 spiro atoms. The van der Waals surface area contributed by atoms with E-state index in [1.54, 1.807) is 7.05 Å². The van der Waals surface area contributed by atoms with E-state index in [1.165, 1.54) is 9.60 Å². The zero-order valence-electron chi connectivity index (χ0n) is 6.42. The Morgan fingerprint density at radius 1 is 1.60 bits per heavy atom. The quantitative estimate of drug-likeness (QED) is 0.456. The van der Waals surface area contributed by atoms with Gasteiger partial charge in [0.05, 0.1) is 0 Å². The van der Waals surface area contributed by atoms with Crippen molar-refractivity contribution >= 4 is 0 Å². The molecule has 1 rings (SSSR count). The van der Waals surface area contributed by atoms with Crippen LogP contribution in [0.2, 0.25) is 0 Å². The maximum atomic E-state index is 7.21. The van der Waals surface area contributed by atoms with Gasteiger partial charge in [0, 0.05) is 22.9 Å². The van der Waals surface area contributed by atoms with Crippen molar-refractivity contribution in [2.45, 2.75) is 13.8 Å². The fourth-order valence-corrected chi connectivity index (χ4v) is 0.921. The Morgan fingerprint density at radius 2 is 2.20 bits per heavy atom. The molecule has 0 unspecified atom stereocenters. The van der Waals surface area contributed by atoms with Crippen LogP contribution in [-0.2, 0) is 0 Å². The van der Waals surface area contributed by atoms with Crippen molar-refractivity contribution in [1.29, 1.82) is 5.53 Å². The zero-order valence-corrected chi connectivity index (χ0v) is 6.42. The van der Waals surface area contributed by atoms with E-state index in [9.17, 15) is 0 Å². The summed E-state index contributed by atoms with van der Waals surface area (Å²) in [4.78, 5) is 2.73. The fourth-order valence-electron chi connectivity index (χ4n) is 0.921. The van der Waals surface area contributed by atoms with Crippen molar-refractivity contribution in [3.05, 3.63) is 17.5 Å². The summed E-state index contributed by atoms with van der Waals surface area (Å²) in [5, 5.41) is 4.06. The van der Waals surface area contributed by atoms with Crippen molar-refractivity contribution < 1.29 is 4.81 Å². The van der Waals surface area contributed by atoms with Gasteiger partial charge in [-0.25, -0.2) is 0 Å². The molecule has 1 N–H and O–H groups in total. The highest BCUT2D eigenvalue weighted by atomic mass is 15.6. The van der Waals surface area contributed by atoms with Crippen molar-refractivity contribution in [3.8, 4) is 0 Å². The molecule has 0 bridgehead atoms. The number of nitrogens with one attached hydrogen (secondary N) is 1. The molecule has 0 saturated carbocycles. The lowest BCUT2D eigenvalue weighted by Gasteiger charge is -1.89. The second kappa shape index (κ2) is 2.21. The van der Waals surface area contributed by atoms with Crippen LogP contribution in [0.15, 0.2) is 6.07 Å². The Bertz CT molecular complexity index is 261. The molecule has 4 heteroatoms. The third-order valence-electron chi connectivity index (χ3n) is 1.27. The monoisotopic (exact) mass is 139 g/mol. The minimum absolute atomic E-state index is 0.941. The van der Waals surface area contributed by atoms with Gasteiger partial charge >= 0.3 is 0 Å². The van der Waals surface area contributed by atoms with Gasteiger partial charge in [0.25, 0.3) is 0 Å². The Hall–Kier alpha value is -1.19. The smallest absolute Gasteiger partial charge is 0.118 e. The summed E-state index contributed by atoms with van der Waals surface area (Å²) in [7, 11) is 1.64. The Kier molecular flexibility index (Phi) is 1.53. The van der Waals surface area contributed by atoms with Crippen LogP contribution in [0.3, 0.4) is 0 Å². The van der Waals surface area contributed by atoms with E-state index in [-0.39, 0.29) is 0 Å². The minimum atomic E-state index is 0.941. The van der Waals surface area contributed by atoms with E-state index in [4.69, 9.17) is 5.53 Å². The summed E-state index contributed by atoms with van der Waals surface area (Å²) in [6.45, 7) is 3.83. The first kappa shape index (κ1) is 6.92. The van der Waals surface area contributed by atoms with Gasteiger partial charge in [-0.1, -0.05) is 4.81 Å². The van der Waals surface area contributed by atoms with Crippen molar-refractivity contribution in [2.75, 3.05) is 7.05 Å². The first-order valence-electron chi connectivity index (χ1n) is 3.10. The average molecular weight is 139 g/mol. The molecule has 0 aliphatic carbocycles. The highest BCUT2D eigenvalue weighted by molar-refractivity contribution is 5.04. The first-order chi connectivity index (χ1) is 4.61. The Morgan fingerprint density at radius 3 is 2.40 bits per heavy atom. The predicted molar refractivity (Wildman–Crippen MR) is 36.0 cm³/mol. The summed E-state index contributed by atoms with van der Waals surface area (Å²) >= 11 is 0. The van der Waals surface area contributed by atoms with Gasteiger partial charge in [-0.3, -0.25) is 0 Å². The third kappa shape index (κ3) is 1.05. The van der Waals surface area contributed by atoms with E-state index in [1.807, 2.05) is 19.9 Å². The molecule has 10 heavy (non-hydrogen) atoms. The topological polar surface area (TPSA) is 44.7 Å². The molecular formula is C6H11N4+. The molecular weight excluding hydrogens is 128 g/mol. The number of rotatable bonds is 1. The molecule has 0 aliphatic heterocycles. The predicted octanol–water partition coefficient (Wildman–Crippen LogP) is 0.936. The second-order valence-electron chi connectivity index (χ2n) is 2.34. The van der Waals surface area contributed by atoms with Gasteiger partial charge in [0.15, 0.2) is 5.69 Å². The summed E-state index contributed by atoms with van der Waals surface area (Å²) in [6.07, 6.45) is 0. The minimum Gasteiger partial charge on any atom is -0.118 e. The van der Waals surface area contributed by atoms with Gasteiger partial charge in [-0.15, -0.1) is 5.53 Å².